The van der Waals surface area contributed by atoms with E-state index < -0.39 is 0 Å². The second-order valence-corrected chi connectivity index (χ2v) is 3.47. The Bertz CT molecular complexity index is 268. The molecule has 1 saturated heterocycles. The predicted molar refractivity (Wildman–Crippen MR) is 50.4 cm³/mol. The van der Waals surface area contributed by atoms with Crippen LogP contribution in [0.5, 0.6) is 0 Å². The van der Waals surface area contributed by atoms with Crippen molar-refractivity contribution in [1.82, 2.24) is 10.3 Å². The molecule has 1 fully saturated rings. The molecule has 1 atom stereocenters. The zero-order valence-corrected chi connectivity index (χ0v) is 7.79. The fourth-order valence-electron chi connectivity index (χ4n) is 1.57. The van der Waals surface area contributed by atoms with Crippen LogP contribution in [0, 0.1) is 0 Å². The van der Waals surface area contributed by atoms with Crippen molar-refractivity contribution in [3.8, 4) is 0 Å². The Labute approximate surface area is 78.1 Å². The molecule has 13 heavy (non-hydrogen) atoms. The number of morpholine rings is 1. The molecule has 1 aliphatic heterocycles. The van der Waals surface area contributed by atoms with Crippen LogP contribution in [0.2, 0.25) is 0 Å². The van der Waals surface area contributed by atoms with Crippen LogP contribution >= 0.6 is 0 Å². The van der Waals surface area contributed by atoms with Gasteiger partial charge in [0.25, 0.3) is 0 Å². The molecule has 2 rings (SSSR count). The van der Waals surface area contributed by atoms with Crippen molar-refractivity contribution in [3.05, 3.63) is 30.1 Å². The first-order chi connectivity index (χ1) is 6.31. The van der Waals surface area contributed by atoms with Crippen LogP contribution in [0.25, 0.3) is 0 Å². The Kier molecular flexibility index (Phi) is 2.29. The minimum atomic E-state index is -0.250. The van der Waals surface area contributed by atoms with Crippen LogP contribution in [-0.2, 0) is 10.3 Å². The van der Waals surface area contributed by atoms with Crippen LogP contribution in [0.15, 0.2) is 24.4 Å². The van der Waals surface area contributed by atoms with E-state index >= 15 is 0 Å². The quantitative estimate of drug-likeness (QED) is 0.694. The summed E-state index contributed by atoms with van der Waals surface area (Å²) in [5.41, 5.74) is 0.752. The first kappa shape index (κ1) is 8.66. The second-order valence-electron chi connectivity index (χ2n) is 3.47. The number of pyridine rings is 1. The number of nitrogens with zero attached hydrogens (tertiary/aromatic N) is 1. The van der Waals surface area contributed by atoms with Gasteiger partial charge in [-0.2, -0.15) is 0 Å². The molecule has 0 amide bonds. The highest BCUT2D eigenvalue weighted by Gasteiger charge is 2.30. The Morgan fingerprint density at radius 3 is 3.08 bits per heavy atom. The van der Waals surface area contributed by atoms with Crippen LogP contribution in [-0.4, -0.2) is 24.7 Å². The molecular formula is C10H14N2O. The second kappa shape index (κ2) is 3.44. The number of rotatable bonds is 1. The molecule has 1 aromatic heterocycles. The number of hydrogen-bond donors (Lipinski definition) is 1. The number of hydrogen-bond acceptors (Lipinski definition) is 3. The standard InChI is InChI=1S/C10H14N2O/c1-10(8-11-6-7-13-10)9-4-2-3-5-12-9/h2-5,11H,6-8H2,1H3/t10-/m1/s1. The van der Waals surface area contributed by atoms with Crippen LogP contribution in [0.3, 0.4) is 0 Å². The Morgan fingerprint density at radius 2 is 2.46 bits per heavy atom. The summed E-state index contributed by atoms with van der Waals surface area (Å²) >= 11 is 0. The summed E-state index contributed by atoms with van der Waals surface area (Å²) in [7, 11) is 0. The van der Waals surface area contributed by atoms with Gasteiger partial charge in [0.15, 0.2) is 0 Å². The van der Waals surface area contributed by atoms with Gasteiger partial charge >= 0.3 is 0 Å². The number of ether oxygens (including phenoxy) is 1. The molecular weight excluding hydrogens is 164 g/mol. The fourth-order valence-corrected chi connectivity index (χ4v) is 1.57. The molecule has 3 heteroatoms. The highest BCUT2D eigenvalue weighted by atomic mass is 16.5. The molecule has 0 aliphatic carbocycles. The molecule has 0 unspecified atom stereocenters. The normalized spacial score (nSPS) is 28.7. The van der Waals surface area contributed by atoms with E-state index in [1.165, 1.54) is 0 Å². The van der Waals surface area contributed by atoms with Crippen molar-refractivity contribution >= 4 is 0 Å². The lowest BCUT2D eigenvalue weighted by Gasteiger charge is -2.33. The van der Waals surface area contributed by atoms with Gasteiger partial charge in [-0.15, -0.1) is 0 Å². The lowest BCUT2D eigenvalue weighted by molar-refractivity contribution is -0.0601. The average molecular weight is 178 g/mol. The maximum atomic E-state index is 5.73. The Hall–Kier alpha value is -0.930. The summed E-state index contributed by atoms with van der Waals surface area (Å²) in [5.74, 6) is 0. The van der Waals surface area contributed by atoms with Crippen molar-refractivity contribution in [1.29, 1.82) is 0 Å². The average Bonchev–Trinajstić information content (AvgIpc) is 2.20. The van der Waals surface area contributed by atoms with E-state index in [1.54, 1.807) is 6.20 Å². The lowest BCUT2D eigenvalue weighted by Crippen LogP contribution is -2.45. The zero-order chi connectivity index (χ0) is 9.15. The van der Waals surface area contributed by atoms with E-state index in [0.29, 0.717) is 0 Å². The zero-order valence-electron chi connectivity index (χ0n) is 7.79. The van der Waals surface area contributed by atoms with Crippen LogP contribution in [0.1, 0.15) is 12.6 Å². The fraction of sp³-hybridized carbons (Fsp3) is 0.500. The Balaban J connectivity index is 2.23. The highest BCUT2D eigenvalue weighted by molar-refractivity contribution is 5.13. The van der Waals surface area contributed by atoms with Crippen LogP contribution in [0.4, 0.5) is 0 Å². The third kappa shape index (κ3) is 1.71. The monoisotopic (exact) mass is 178 g/mol. The first-order valence-electron chi connectivity index (χ1n) is 4.57. The SMILES string of the molecule is C[C@]1(c2ccccn2)CNCCO1. The van der Waals surface area contributed by atoms with Crippen molar-refractivity contribution in [3.63, 3.8) is 0 Å². The number of nitrogens with one attached hydrogen (secondary N) is 1. The number of aromatic nitrogens is 1. The molecule has 0 bridgehead atoms. The molecule has 0 radical (unpaired) electrons. The highest BCUT2D eigenvalue weighted by Crippen LogP contribution is 2.23. The molecule has 0 saturated carbocycles. The summed E-state index contributed by atoms with van der Waals surface area (Å²) in [6, 6.07) is 5.92. The van der Waals surface area contributed by atoms with Gasteiger partial charge in [-0.25, -0.2) is 0 Å². The van der Waals surface area contributed by atoms with Crippen molar-refractivity contribution in [2.75, 3.05) is 19.7 Å². The molecule has 70 valence electrons. The van der Waals surface area contributed by atoms with Gasteiger partial charge in [-0.1, -0.05) is 6.07 Å². The molecule has 1 aliphatic rings. The van der Waals surface area contributed by atoms with Gasteiger partial charge in [0.2, 0.25) is 0 Å². The molecule has 1 N–H and O–H groups in total. The van der Waals surface area contributed by atoms with Gasteiger partial charge in [0.05, 0.1) is 12.3 Å². The van der Waals surface area contributed by atoms with Crippen molar-refractivity contribution < 1.29 is 4.74 Å². The van der Waals surface area contributed by atoms with Gasteiger partial charge in [0.1, 0.15) is 5.60 Å². The van der Waals surface area contributed by atoms with E-state index in [9.17, 15) is 0 Å². The molecule has 2 heterocycles. The van der Waals surface area contributed by atoms with Gasteiger partial charge in [0, 0.05) is 19.3 Å². The minimum Gasteiger partial charge on any atom is -0.366 e. The summed E-state index contributed by atoms with van der Waals surface area (Å²) in [6.45, 7) is 4.60. The largest absolute Gasteiger partial charge is 0.366 e. The smallest absolute Gasteiger partial charge is 0.120 e. The summed E-state index contributed by atoms with van der Waals surface area (Å²) in [4.78, 5) is 4.31. The van der Waals surface area contributed by atoms with E-state index in [-0.39, 0.29) is 5.60 Å². The van der Waals surface area contributed by atoms with E-state index in [4.69, 9.17) is 4.74 Å². The van der Waals surface area contributed by atoms with Crippen molar-refractivity contribution in [2.45, 2.75) is 12.5 Å². The molecule has 0 spiro atoms. The summed E-state index contributed by atoms with van der Waals surface area (Å²) in [6.07, 6.45) is 1.80. The molecule has 3 nitrogen and oxygen atoms in total. The van der Waals surface area contributed by atoms with Gasteiger partial charge in [-0.3, -0.25) is 4.98 Å². The van der Waals surface area contributed by atoms with E-state index in [0.717, 1.165) is 25.4 Å². The van der Waals surface area contributed by atoms with Crippen molar-refractivity contribution in [2.24, 2.45) is 0 Å². The van der Waals surface area contributed by atoms with E-state index in [1.807, 2.05) is 18.2 Å². The molecule has 1 aromatic rings. The maximum absolute atomic E-state index is 5.73. The summed E-state index contributed by atoms with van der Waals surface area (Å²) < 4.78 is 5.73. The van der Waals surface area contributed by atoms with Gasteiger partial charge in [-0.05, 0) is 19.1 Å². The maximum Gasteiger partial charge on any atom is 0.120 e. The minimum absolute atomic E-state index is 0.250. The topological polar surface area (TPSA) is 34.2 Å². The van der Waals surface area contributed by atoms with Crippen LogP contribution < -0.4 is 5.32 Å². The summed E-state index contributed by atoms with van der Waals surface area (Å²) in [5, 5.41) is 3.31. The first-order valence-corrected chi connectivity index (χ1v) is 4.57. The third-order valence-corrected chi connectivity index (χ3v) is 2.37. The third-order valence-electron chi connectivity index (χ3n) is 2.37. The molecule has 0 aromatic carbocycles. The lowest BCUT2D eigenvalue weighted by atomic mass is 10.0. The Morgan fingerprint density at radius 1 is 1.54 bits per heavy atom. The van der Waals surface area contributed by atoms with Gasteiger partial charge < -0.3 is 10.1 Å². The van der Waals surface area contributed by atoms with E-state index in [2.05, 4.69) is 17.2 Å². The predicted octanol–water partition coefficient (Wildman–Crippen LogP) is 0.917.